The summed E-state index contributed by atoms with van der Waals surface area (Å²) in [6.45, 7) is 9.38. The maximum absolute atomic E-state index is 12.4. The van der Waals surface area contributed by atoms with Crippen LogP contribution < -0.4 is 5.32 Å². The first-order valence-corrected chi connectivity index (χ1v) is 8.55. The number of aliphatic hydroxyl groups is 1. The Morgan fingerprint density at radius 3 is 2.68 bits per heavy atom. The Morgan fingerprint density at radius 2 is 2.12 bits per heavy atom. The molecule has 1 aliphatic rings. The number of nitrogens with zero attached hydrogens (tertiary/aromatic N) is 2. The maximum atomic E-state index is 12.4. The highest BCUT2D eigenvalue weighted by Gasteiger charge is 2.30. The summed E-state index contributed by atoms with van der Waals surface area (Å²) in [6.07, 6.45) is 0.0677. The number of piperidine rings is 1. The molecule has 25 heavy (non-hydrogen) atoms. The molecule has 1 amide bonds. The fourth-order valence-electron chi connectivity index (χ4n) is 3.36. The molecular formula is C18H25N3O4. The summed E-state index contributed by atoms with van der Waals surface area (Å²) in [6, 6.07) is 1.46. The monoisotopic (exact) mass is 347 g/mol. The van der Waals surface area contributed by atoms with Gasteiger partial charge in [-0.2, -0.15) is 0 Å². The van der Waals surface area contributed by atoms with Gasteiger partial charge in [-0.1, -0.05) is 5.16 Å². The Kier molecular flexibility index (Phi) is 4.96. The highest BCUT2D eigenvalue weighted by Crippen LogP contribution is 2.20. The number of carbonyl (C=O) groups excluding carboxylic acids is 1. The minimum atomic E-state index is -0.619. The number of amides is 1. The molecule has 7 nitrogen and oxygen atoms in total. The average molecular weight is 347 g/mol. The summed E-state index contributed by atoms with van der Waals surface area (Å²) in [5.41, 5.74) is 2.48. The number of aromatic nitrogens is 1. The SMILES string of the molecule is Cc1cc(C(=O)N[C@@H]2CCN(Cc3c(C)noc3C)C[C@H]2O)c(C)o1. The summed E-state index contributed by atoms with van der Waals surface area (Å²) < 4.78 is 10.6. The first-order chi connectivity index (χ1) is 11.8. The van der Waals surface area contributed by atoms with E-state index in [9.17, 15) is 9.90 Å². The number of hydrogen-bond acceptors (Lipinski definition) is 6. The average Bonchev–Trinajstić information content (AvgIpc) is 3.05. The van der Waals surface area contributed by atoms with E-state index in [0.29, 0.717) is 36.6 Å². The molecule has 136 valence electrons. The van der Waals surface area contributed by atoms with Gasteiger partial charge in [-0.25, -0.2) is 0 Å². The third kappa shape index (κ3) is 3.77. The van der Waals surface area contributed by atoms with Gasteiger partial charge in [0.2, 0.25) is 0 Å². The first kappa shape index (κ1) is 17.7. The predicted molar refractivity (Wildman–Crippen MR) is 91.3 cm³/mol. The summed E-state index contributed by atoms with van der Waals surface area (Å²) in [4.78, 5) is 14.6. The number of rotatable bonds is 4. The summed E-state index contributed by atoms with van der Waals surface area (Å²) in [5, 5.41) is 17.4. The molecule has 2 aromatic heterocycles. The van der Waals surface area contributed by atoms with E-state index >= 15 is 0 Å². The molecule has 0 saturated carbocycles. The lowest BCUT2D eigenvalue weighted by Gasteiger charge is -2.36. The molecular weight excluding hydrogens is 322 g/mol. The molecule has 0 radical (unpaired) electrons. The van der Waals surface area contributed by atoms with Crippen LogP contribution in [0.4, 0.5) is 0 Å². The van der Waals surface area contributed by atoms with Crippen LogP contribution in [0.2, 0.25) is 0 Å². The smallest absolute Gasteiger partial charge is 0.255 e. The third-order valence-electron chi connectivity index (χ3n) is 4.83. The number of aliphatic hydroxyl groups excluding tert-OH is 1. The number of likely N-dealkylation sites (tertiary alicyclic amines) is 1. The molecule has 1 aliphatic heterocycles. The zero-order valence-electron chi connectivity index (χ0n) is 15.1. The van der Waals surface area contributed by atoms with Crippen molar-refractivity contribution >= 4 is 5.91 Å². The molecule has 0 bridgehead atoms. The summed E-state index contributed by atoms with van der Waals surface area (Å²) in [7, 11) is 0. The van der Waals surface area contributed by atoms with Crippen molar-refractivity contribution in [1.29, 1.82) is 0 Å². The van der Waals surface area contributed by atoms with E-state index in [1.165, 1.54) is 0 Å². The van der Waals surface area contributed by atoms with Crippen LogP contribution in [0.15, 0.2) is 15.0 Å². The van der Waals surface area contributed by atoms with Crippen LogP contribution in [0.1, 0.15) is 45.3 Å². The fraction of sp³-hybridized carbons (Fsp3) is 0.556. The van der Waals surface area contributed by atoms with E-state index in [1.807, 2.05) is 20.8 Å². The zero-order chi connectivity index (χ0) is 18.1. The van der Waals surface area contributed by atoms with Gasteiger partial charge in [-0.3, -0.25) is 9.69 Å². The van der Waals surface area contributed by atoms with Crippen LogP contribution in [-0.4, -0.2) is 46.3 Å². The number of nitrogens with one attached hydrogen (secondary N) is 1. The van der Waals surface area contributed by atoms with Gasteiger partial charge in [0.25, 0.3) is 5.91 Å². The van der Waals surface area contributed by atoms with E-state index in [2.05, 4.69) is 15.4 Å². The van der Waals surface area contributed by atoms with Crippen molar-refractivity contribution in [3.8, 4) is 0 Å². The van der Waals surface area contributed by atoms with Gasteiger partial charge in [0.1, 0.15) is 17.3 Å². The topological polar surface area (TPSA) is 91.7 Å². The largest absolute Gasteiger partial charge is 0.466 e. The molecule has 2 aromatic rings. The highest BCUT2D eigenvalue weighted by molar-refractivity contribution is 5.95. The van der Waals surface area contributed by atoms with Gasteiger partial charge in [0, 0.05) is 25.2 Å². The van der Waals surface area contributed by atoms with Gasteiger partial charge >= 0.3 is 0 Å². The lowest BCUT2D eigenvalue weighted by molar-refractivity contribution is 0.0347. The fourth-order valence-corrected chi connectivity index (χ4v) is 3.36. The minimum Gasteiger partial charge on any atom is -0.466 e. The molecule has 0 unspecified atom stereocenters. The molecule has 2 atom stereocenters. The Bertz CT molecular complexity index is 745. The zero-order valence-corrected chi connectivity index (χ0v) is 15.1. The van der Waals surface area contributed by atoms with Crippen molar-refractivity contribution in [2.75, 3.05) is 13.1 Å². The Labute approximate surface area is 147 Å². The molecule has 0 spiro atoms. The number of carbonyl (C=O) groups is 1. The van der Waals surface area contributed by atoms with Gasteiger partial charge in [0.15, 0.2) is 0 Å². The molecule has 3 rings (SSSR count). The second-order valence-electron chi connectivity index (χ2n) is 6.80. The van der Waals surface area contributed by atoms with E-state index in [1.54, 1.807) is 13.0 Å². The van der Waals surface area contributed by atoms with Crippen molar-refractivity contribution in [1.82, 2.24) is 15.4 Å². The quantitative estimate of drug-likeness (QED) is 0.877. The second kappa shape index (κ2) is 7.01. The van der Waals surface area contributed by atoms with Gasteiger partial charge in [-0.05, 0) is 40.2 Å². The van der Waals surface area contributed by atoms with Gasteiger partial charge in [0.05, 0.1) is 23.4 Å². The second-order valence-corrected chi connectivity index (χ2v) is 6.80. The minimum absolute atomic E-state index is 0.197. The number of β-amino-alcohol motifs (C(OH)–C–C–N with tert-alkyl or cyclic N) is 1. The Morgan fingerprint density at radius 1 is 1.36 bits per heavy atom. The van der Waals surface area contributed by atoms with Crippen molar-refractivity contribution in [2.45, 2.75) is 52.8 Å². The molecule has 1 fully saturated rings. The van der Waals surface area contributed by atoms with Gasteiger partial charge in [-0.15, -0.1) is 0 Å². The molecule has 3 heterocycles. The molecule has 1 saturated heterocycles. The summed E-state index contributed by atoms with van der Waals surface area (Å²) >= 11 is 0. The molecule has 0 aliphatic carbocycles. The standard InChI is InChI=1S/C18H25N3O4/c1-10-7-14(12(3)24-10)18(23)19-16-5-6-21(9-17(16)22)8-15-11(2)20-25-13(15)4/h7,16-17,22H,5-6,8-9H2,1-4H3,(H,19,23)/t16-,17-/m1/s1. The summed E-state index contributed by atoms with van der Waals surface area (Å²) in [5.74, 6) is 1.92. The Hall–Kier alpha value is -2.12. The normalized spacial score (nSPS) is 21.5. The Balaban J connectivity index is 1.58. The van der Waals surface area contributed by atoms with E-state index in [-0.39, 0.29) is 11.9 Å². The van der Waals surface area contributed by atoms with Crippen LogP contribution >= 0.6 is 0 Å². The van der Waals surface area contributed by atoms with Gasteiger partial charge < -0.3 is 19.4 Å². The number of furan rings is 1. The lowest BCUT2D eigenvalue weighted by atomic mass is 10.0. The molecule has 2 N–H and O–H groups in total. The predicted octanol–water partition coefficient (Wildman–Crippen LogP) is 1.87. The van der Waals surface area contributed by atoms with Crippen molar-refractivity contribution in [2.24, 2.45) is 0 Å². The van der Waals surface area contributed by atoms with Crippen LogP contribution in [0, 0.1) is 27.7 Å². The van der Waals surface area contributed by atoms with E-state index in [0.717, 1.165) is 23.6 Å². The highest BCUT2D eigenvalue weighted by atomic mass is 16.5. The van der Waals surface area contributed by atoms with Crippen LogP contribution in [0.5, 0.6) is 0 Å². The van der Waals surface area contributed by atoms with Crippen molar-refractivity contribution in [3.05, 3.63) is 40.2 Å². The third-order valence-corrected chi connectivity index (χ3v) is 4.83. The van der Waals surface area contributed by atoms with Crippen LogP contribution in [0.3, 0.4) is 0 Å². The number of aryl methyl sites for hydroxylation is 4. The first-order valence-electron chi connectivity index (χ1n) is 8.55. The van der Waals surface area contributed by atoms with Crippen LogP contribution in [0.25, 0.3) is 0 Å². The number of hydrogen-bond donors (Lipinski definition) is 2. The molecule has 0 aromatic carbocycles. The molecule has 7 heteroatoms. The van der Waals surface area contributed by atoms with Crippen molar-refractivity contribution in [3.63, 3.8) is 0 Å². The maximum Gasteiger partial charge on any atom is 0.255 e. The van der Waals surface area contributed by atoms with E-state index in [4.69, 9.17) is 8.94 Å². The lowest BCUT2D eigenvalue weighted by Crippen LogP contribution is -2.53. The van der Waals surface area contributed by atoms with Crippen molar-refractivity contribution < 1.29 is 18.8 Å². The van der Waals surface area contributed by atoms with Crippen LogP contribution in [-0.2, 0) is 6.54 Å². The van der Waals surface area contributed by atoms with E-state index < -0.39 is 6.10 Å².